The van der Waals surface area contributed by atoms with E-state index < -0.39 is 0 Å². The van der Waals surface area contributed by atoms with E-state index in [1.807, 2.05) is 6.92 Å². The number of ether oxygens (including phenoxy) is 2. The SMILES string of the molecule is CC(C)CC(c1ccc(OC(C)OCCC2CCCCCC2)cc1)C(C)C. The lowest BCUT2D eigenvalue weighted by Gasteiger charge is -2.24. The van der Waals surface area contributed by atoms with E-state index in [2.05, 4.69) is 52.0 Å². The Bertz CT molecular complexity index is 498. The summed E-state index contributed by atoms with van der Waals surface area (Å²) in [5.41, 5.74) is 1.42. The Labute approximate surface area is 168 Å². The largest absolute Gasteiger partial charge is 0.465 e. The second kappa shape index (κ2) is 11.7. The zero-order valence-corrected chi connectivity index (χ0v) is 18.4. The van der Waals surface area contributed by atoms with E-state index in [0.29, 0.717) is 11.8 Å². The van der Waals surface area contributed by atoms with Crippen molar-refractivity contribution in [3.05, 3.63) is 29.8 Å². The van der Waals surface area contributed by atoms with Gasteiger partial charge in [-0.25, -0.2) is 0 Å². The normalized spacial score (nSPS) is 18.5. The molecule has 0 aliphatic heterocycles. The fourth-order valence-electron chi connectivity index (χ4n) is 4.37. The summed E-state index contributed by atoms with van der Waals surface area (Å²) in [6.07, 6.45) is 10.6. The molecule has 2 rings (SSSR count). The smallest absolute Gasteiger partial charge is 0.196 e. The van der Waals surface area contributed by atoms with Gasteiger partial charge >= 0.3 is 0 Å². The van der Waals surface area contributed by atoms with Crippen molar-refractivity contribution in [1.82, 2.24) is 0 Å². The zero-order valence-electron chi connectivity index (χ0n) is 18.4. The van der Waals surface area contributed by atoms with Crippen molar-refractivity contribution < 1.29 is 9.47 Å². The summed E-state index contributed by atoms with van der Waals surface area (Å²) in [4.78, 5) is 0. The molecule has 1 saturated carbocycles. The minimum Gasteiger partial charge on any atom is -0.465 e. The van der Waals surface area contributed by atoms with Crippen LogP contribution in [0.15, 0.2) is 24.3 Å². The van der Waals surface area contributed by atoms with Crippen LogP contribution in [0.5, 0.6) is 5.75 Å². The molecule has 2 heteroatoms. The highest BCUT2D eigenvalue weighted by Gasteiger charge is 2.18. The van der Waals surface area contributed by atoms with E-state index in [1.54, 1.807) is 0 Å². The molecule has 2 atom stereocenters. The van der Waals surface area contributed by atoms with Crippen LogP contribution in [0, 0.1) is 17.8 Å². The molecular formula is C25H42O2. The first-order valence-electron chi connectivity index (χ1n) is 11.3. The molecule has 0 saturated heterocycles. The molecule has 2 nitrogen and oxygen atoms in total. The molecular weight excluding hydrogens is 332 g/mol. The predicted octanol–water partition coefficient (Wildman–Crippen LogP) is 7.57. The predicted molar refractivity (Wildman–Crippen MR) is 115 cm³/mol. The summed E-state index contributed by atoms with van der Waals surface area (Å²) in [5, 5.41) is 0. The van der Waals surface area contributed by atoms with Crippen LogP contribution < -0.4 is 4.74 Å². The van der Waals surface area contributed by atoms with Gasteiger partial charge < -0.3 is 9.47 Å². The van der Waals surface area contributed by atoms with Gasteiger partial charge in [0.05, 0.1) is 6.61 Å². The summed E-state index contributed by atoms with van der Waals surface area (Å²) in [6, 6.07) is 8.69. The van der Waals surface area contributed by atoms with Gasteiger partial charge in [0, 0.05) is 0 Å². The molecule has 0 heterocycles. The lowest BCUT2D eigenvalue weighted by Crippen LogP contribution is -2.18. The van der Waals surface area contributed by atoms with Crippen LogP contribution >= 0.6 is 0 Å². The Morgan fingerprint density at radius 2 is 1.52 bits per heavy atom. The third kappa shape index (κ3) is 8.25. The monoisotopic (exact) mass is 374 g/mol. The summed E-state index contributed by atoms with van der Waals surface area (Å²) in [6.45, 7) is 12.1. The third-order valence-corrected chi connectivity index (χ3v) is 5.99. The van der Waals surface area contributed by atoms with Gasteiger partial charge in [-0.05, 0) is 61.1 Å². The van der Waals surface area contributed by atoms with Crippen molar-refractivity contribution in [2.45, 2.75) is 98.2 Å². The zero-order chi connectivity index (χ0) is 19.6. The molecule has 2 unspecified atom stereocenters. The molecule has 154 valence electrons. The van der Waals surface area contributed by atoms with Gasteiger partial charge in [0.1, 0.15) is 5.75 Å². The lowest BCUT2D eigenvalue weighted by molar-refractivity contribution is -0.0706. The van der Waals surface area contributed by atoms with Gasteiger partial charge in [-0.2, -0.15) is 0 Å². The van der Waals surface area contributed by atoms with Crippen molar-refractivity contribution >= 4 is 0 Å². The first-order valence-corrected chi connectivity index (χ1v) is 11.3. The van der Waals surface area contributed by atoms with Crippen molar-refractivity contribution in [3.63, 3.8) is 0 Å². The van der Waals surface area contributed by atoms with E-state index in [-0.39, 0.29) is 6.29 Å². The van der Waals surface area contributed by atoms with Crippen LogP contribution in [-0.4, -0.2) is 12.9 Å². The van der Waals surface area contributed by atoms with Crippen LogP contribution in [-0.2, 0) is 4.74 Å². The molecule has 0 radical (unpaired) electrons. The maximum atomic E-state index is 5.98. The van der Waals surface area contributed by atoms with E-state index >= 15 is 0 Å². The average Bonchev–Trinajstić information content (AvgIpc) is 2.89. The quantitative estimate of drug-likeness (QED) is 0.310. The van der Waals surface area contributed by atoms with Gasteiger partial charge in [-0.3, -0.25) is 0 Å². The molecule has 0 aromatic heterocycles. The van der Waals surface area contributed by atoms with Gasteiger partial charge in [-0.1, -0.05) is 78.4 Å². The Morgan fingerprint density at radius 1 is 0.889 bits per heavy atom. The van der Waals surface area contributed by atoms with Gasteiger partial charge in [-0.15, -0.1) is 0 Å². The van der Waals surface area contributed by atoms with E-state index in [9.17, 15) is 0 Å². The lowest BCUT2D eigenvalue weighted by atomic mass is 9.82. The molecule has 1 aliphatic rings. The second-order valence-corrected chi connectivity index (χ2v) is 9.25. The summed E-state index contributed by atoms with van der Waals surface area (Å²) in [5.74, 6) is 3.76. The number of benzene rings is 1. The molecule has 1 aromatic rings. The number of rotatable bonds is 10. The van der Waals surface area contributed by atoms with Crippen molar-refractivity contribution in [3.8, 4) is 5.75 Å². The van der Waals surface area contributed by atoms with Gasteiger partial charge in [0.15, 0.2) is 6.29 Å². The highest BCUT2D eigenvalue weighted by molar-refractivity contribution is 5.29. The van der Waals surface area contributed by atoms with Crippen LogP contribution in [0.1, 0.15) is 97.5 Å². The summed E-state index contributed by atoms with van der Waals surface area (Å²) < 4.78 is 11.9. The van der Waals surface area contributed by atoms with Gasteiger partial charge in [0.2, 0.25) is 0 Å². The highest BCUT2D eigenvalue weighted by atomic mass is 16.7. The fraction of sp³-hybridized carbons (Fsp3) is 0.760. The third-order valence-electron chi connectivity index (χ3n) is 5.99. The molecule has 1 aromatic carbocycles. The number of hydrogen-bond acceptors (Lipinski definition) is 2. The topological polar surface area (TPSA) is 18.5 Å². The van der Waals surface area contributed by atoms with Crippen molar-refractivity contribution in [1.29, 1.82) is 0 Å². The molecule has 0 bridgehead atoms. The maximum absolute atomic E-state index is 5.98. The molecule has 1 fully saturated rings. The highest BCUT2D eigenvalue weighted by Crippen LogP contribution is 2.32. The molecule has 0 spiro atoms. The summed E-state index contributed by atoms with van der Waals surface area (Å²) in [7, 11) is 0. The Kier molecular flexibility index (Phi) is 9.68. The first-order chi connectivity index (χ1) is 13.0. The Balaban J connectivity index is 1.77. The van der Waals surface area contributed by atoms with Crippen molar-refractivity contribution in [2.75, 3.05) is 6.61 Å². The molecule has 0 amide bonds. The van der Waals surface area contributed by atoms with E-state index in [0.717, 1.165) is 24.2 Å². The molecule has 1 aliphatic carbocycles. The molecule has 27 heavy (non-hydrogen) atoms. The van der Waals surface area contributed by atoms with Crippen molar-refractivity contribution in [2.24, 2.45) is 17.8 Å². The second-order valence-electron chi connectivity index (χ2n) is 9.25. The van der Waals surface area contributed by atoms with Crippen LogP contribution in [0.25, 0.3) is 0 Å². The Hall–Kier alpha value is -1.02. The van der Waals surface area contributed by atoms with E-state index in [4.69, 9.17) is 9.47 Å². The minimum atomic E-state index is -0.182. The van der Waals surface area contributed by atoms with Crippen LogP contribution in [0.4, 0.5) is 0 Å². The van der Waals surface area contributed by atoms with Gasteiger partial charge in [0.25, 0.3) is 0 Å². The Morgan fingerprint density at radius 3 is 2.07 bits per heavy atom. The average molecular weight is 375 g/mol. The van der Waals surface area contributed by atoms with E-state index in [1.165, 1.54) is 56.9 Å². The fourth-order valence-corrected chi connectivity index (χ4v) is 4.37. The van der Waals surface area contributed by atoms with Crippen LogP contribution in [0.3, 0.4) is 0 Å². The number of hydrogen-bond donors (Lipinski definition) is 0. The van der Waals surface area contributed by atoms with Crippen LogP contribution in [0.2, 0.25) is 0 Å². The minimum absolute atomic E-state index is 0.182. The first kappa shape index (κ1) is 22.3. The maximum Gasteiger partial charge on any atom is 0.196 e. The summed E-state index contributed by atoms with van der Waals surface area (Å²) >= 11 is 0. The molecule has 0 N–H and O–H groups in total. The standard InChI is InChI=1S/C25H42O2/c1-19(2)18-25(20(3)4)23-12-14-24(15-13-23)27-21(5)26-17-16-22-10-8-6-7-9-11-22/h12-15,19-22,25H,6-11,16-18H2,1-5H3.